The number of urea groups is 1. The third-order valence-electron chi connectivity index (χ3n) is 4.15. The number of carbonyl (C=O) groups is 3. The van der Waals surface area contributed by atoms with Gasteiger partial charge in [0.25, 0.3) is 5.91 Å². The first kappa shape index (κ1) is 19.6. The molecule has 1 aliphatic carbocycles. The fraction of sp³-hybridized carbons (Fsp3) is 0.500. The number of rotatable bonds is 6. The van der Waals surface area contributed by atoms with Crippen molar-refractivity contribution in [2.45, 2.75) is 38.1 Å². The van der Waals surface area contributed by atoms with Crippen LogP contribution in [-0.2, 0) is 9.53 Å². The van der Waals surface area contributed by atoms with Gasteiger partial charge < -0.3 is 19.5 Å². The highest BCUT2D eigenvalue weighted by Crippen LogP contribution is 2.31. The molecule has 26 heavy (non-hydrogen) atoms. The van der Waals surface area contributed by atoms with E-state index in [1.165, 1.54) is 26.7 Å². The smallest absolute Gasteiger partial charge is 0.342 e. The Morgan fingerprint density at radius 2 is 1.81 bits per heavy atom. The highest BCUT2D eigenvalue weighted by molar-refractivity contribution is 5.98. The Balaban J connectivity index is 1.83. The SMILES string of the molecule is COc1cccc(C(=O)OCC(=O)NC(=O)NC2CCCCC2)c1OC. The van der Waals surface area contributed by atoms with Gasteiger partial charge in [0.1, 0.15) is 5.56 Å². The molecule has 142 valence electrons. The number of carbonyl (C=O) groups excluding carboxylic acids is 3. The number of methoxy groups -OCH3 is 2. The number of amides is 3. The van der Waals surface area contributed by atoms with Crippen molar-refractivity contribution in [3.8, 4) is 11.5 Å². The van der Waals surface area contributed by atoms with Gasteiger partial charge in [-0.1, -0.05) is 25.3 Å². The minimum atomic E-state index is -0.747. The van der Waals surface area contributed by atoms with Crippen LogP contribution >= 0.6 is 0 Å². The monoisotopic (exact) mass is 364 g/mol. The van der Waals surface area contributed by atoms with Crippen LogP contribution in [-0.4, -0.2) is 44.8 Å². The van der Waals surface area contributed by atoms with Gasteiger partial charge in [-0.05, 0) is 25.0 Å². The van der Waals surface area contributed by atoms with E-state index in [9.17, 15) is 14.4 Å². The zero-order valence-electron chi connectivity index (χ0n) is 15.0. The van der Waals surface area contributed by atoms with Gasteiger partial charge in [0.05, 0.1) is 14.2 Å². The topological polar surface area (TPSA) is 103 Å². The minimum absolute atomic E-state index is 0.0835. The van der Waals surface area contributed by atoms with Crippen LogP contribution in [0.15, 0.2) is 18.2 Å². The molecule has 0 saturated heterocycles. The standard InChI is InChI=1S/C18H24N2O6/c1-24-14-10-6-9-13(16(14)25-2)17(22)26-11-15(21)20-18(23)19-12-7-4-3-5-8-12/h6,9-10,12H,3-5,7-8,11H2,1-2H3,(H2,19,20,21,23). The number of benzene rings is 1. The largest absolute Gasteiger partial charge is 0.493 e. The normalized spacial score (nSPS) is 14.2. The second-order valence-electron chi connectivity index (χ2n) is 5.97. The molecule has 0 unspecified atom stereocenters. The Hall–Kier alpha value is -2.77. The van der Waals surface area contributed by atoms with E-state index in [1.54, 1.807) is 12.1 Å². The molecule has 1 saturated carbocycles. The van der Waals surface area contributed by atoms with Gasteiger partial charge in [0.15, 0.2) is 18.1 Å². The summed E-state index contributed by atoms with van der Waals surface area (Å²) in [6.45, 7) is -0.572. The lowest BCUT2D eigenvalue weighted by Gasteiger charge is -2.22. The lowest BCUT2D eigenvalue weighted by molar-refractivity contribution is -0.123. The second kappa shape index (κ2) is 9.65. The summed E-state index contributed by atoms with van der Waals surface area (Å²) in [6.07, 6.45) is 5.12. The van der Waals surface area contributed by atoms with Crippen LogP contribution in [0.2, 0.25) is 0 Å². The maximum Gasteiger partial charge on any atom is 0.342 e. The summed E-state index contributed by atoms with van der Waals surface area (Å²) >= 11 is 0. The molecule has 0 bridgehead atoms. The summed E-state index contributed by atoms with van der Waals surface area (Å²) < 4.78 is 15.2. The van der Waals surface area contributed by atoms with Crippen LogP contribution in [0.3, 0.4) is 0 Å². The van der Waals surface area contributed by atoms with Crippen molar-refractivity contribution in [2.24, 2.45) is 0 Å². The van der Waals surface area contributed by atoms with Crippen LogP contribution in [0.5, 0.6) is 11.5 Å². The lowest BCUT2D eigenvalue weighted by atomic mass is 9.96. The molecule has 0 atom stereocenters. The first-order valence-corrected chi connectivity index (χ1v) is 8.53. The maximum absolute atomic E-state index is 12.2. The van der Waals surface area contributed by atoms with E-state index in [0.717, 1.165) is 25.7 Å². The van der Waals surface area contributed by atoms with Crippen molar-refractivity contribution in [3.63, 3.8) is 0 Å². The van der Waals surface area contributed by atoms with E-state index in [2.05, 4.69) is 10.6 Å². The highest BCUT2D eigenvalue weighted by Gasteiger charge is 2.20. The van der Waals surface area contributed by atoms with Gasteiger partial charge >= 0.3 is 12.0 Å². The Morgan fingerprint density at radius 3 is 2.46 bits per heavy atom. The van der Waals surface area contributed by atoms with Crippen molar-refractivity contribution < 1.29 is 28.6 Å². The molecule has 8 nitrogen and oxygen atoms in total. The molecule has 1 aromatic carbocycles. The summed E-state index contributed by atoms with van der Waals surface area (Å²) in [5.74, 6) is -0.856. The quantitative estimate of drug-likeness (QED) is 0.749. The number of nitrogens with one attached hydrogen (secondary N) is 2. The van der Waals surface area contributed by atoms with Crippen LogP contribution < -0.4 is 20.1 Å². The Labute approximate surface area is 152 Å². The molecule has 2 rings (SSSR count). The van der Waals surface area contributed by atoms with Gasteiger partial charge in [-0.25, -0.2) is 9.59 Å². The number of hydrogen-bond acceptors (Lipinski definition) is 6. The summed E-state index contributed by atoms with van der Waals surface area (Å²) in [6, 6.07) is 4.25. The average Bonchev–Trinajstić information content (AvgIpc) is 2.65. The molecule has 1 aliphatic rings. The molecule has 0 spiro atoms. The summed E-state index contributed by atoms with van der Waals surface area (Å²) in [5, 5.41) is 4.92. The molecule has 0 radical (unpaired) electrons. The Kier molecular flexibility index (Phi) is 7.25. The van der Waals surface area contributed by atoms with Crippen LogP contribution in [0.25, 0.3) is 0 Å². The lowest BCUT2D eigenvalue weighted by Crippen LogP contribution is -2.46. The third kappa shape index (κ3) is 5.37. The van der Waals surface area contributed by atoms with Gasteiger partial charge in [0, 0.05) is 6.04 Å². The molecule has 3 amide bonds. The van der Waals surface area contributed by atoms with E-state index >= 15 is 0 Å². The van der Waals surface area contributed by atoms with Gasteiger partial charge in [0.2, 0.25) is 0 Å². The summed E-state index contributed by atoms with van der Waals surface area (Å²) in [5.41, 5.74) is 0.131. The van der Waals surface area contributed by atoms with Crippen molar-refractivity contribution in [3.05, 3.63) is 23.8 Å². The maximum atomic E-state index is 12.2. The molecular formula is C18H24N2O6. The molecule has 0 aliphatic heterocycles. The third-order valence-corrected chi connectivity index (χ3v) is 4.15. The molecule has 1 aromatic rings. The van der Waals surface area contributed by atoms with Crippen molar-refractivity contribution >= 4 is 17.9 Å². The Morgan fingerprint density at radius 1 is 1.08 bits per heavy atom. The highest BCUT2D eigenvalue weighted by atomic mass is 16.5. The van der Waals surface area contributed by atoms with Crippen molar-refractivity contribution in [1.82, 2.24) is 10.6 Å². The molecule has 2 N–H and O–H groups in total. The van der Waals surface area contributed by atoms with Gasteiger partial charge in [-0.3, -0.25) is 10.1 Å². The fourth-order valence-electron chi connectivity index (χ4n) is 2.89. The molecule has 1 fully saturated rings. The number of esters is 1. The van der Waals surface area contributed by atoms with Gasteiger partial charge in [-0.15, -0.1) is 0 Å². The Bertz CT molecular complexity index is 655. The van der Waals surface area contributed by atoms with Crippen LogP contribution in [0.4, 0.5) is 4.79 Å². The first-order valence-electron chi connectivity index (χ1n) is 8.53. The zero-order chi connectivity index (χ0) is 18.9. The number of imide groups is 1. The predicted molar refractivity (Wildman–Crippen MR) is 93.4 cm³/mol. The first-order chi connectivity index (χ1) is 12.5. The number of ether oxygens (including phenoxy) is 3. The average molecular weight is 364 g/mol. The molecular weight excluding hydrogens is 340 g/mol. The molecule has 0 aromatic heterocycles. The van der Waals surface area contributed by atoms with Gasteiger partial charge in [-0.2, -0.15) is 0 Å². The van der Waals surface area contributed by atoms with Crippen LogP contribution in [0, 0.1) is 0 Å². The number of para-hydroxylation sites is 1. The van der Waals surface area contributed by atoms with Crippen molar-refractivity contribution in [2.75, 3.05) is 20.8 Å². The van der Waals surface area contributed by atoms with E-state index in [0.29, 0.717) is 5.75 Å². The number of hydrogen-bond donors (Lipinski definition) is 2. The van der Waals surface area contributed by atoms with Crippen molar-refractivity contribution in [1.29, 1.82) is 0 Å². The second-order valence-corrected chi connectivity index (χ2v) is 5.97. The molecule has 8 heteroatoms. The van der Waals surface area contributed by atoms with E-state index < -0.39 is 24.5 Å². The van der Waals surface area contributed by atoms with Crippen LogP contribution in [0.1, 0.15) is 42.5 Å². The fourth-order valence-corrected chi connectivity index (χ4v) is 2.89. The zero-order valence-corrected chi connectivity index (χ0v) is 15.0. The molecule has 0 heterocycles. The van der Waals surface area contributed by atoms with E-state index in [-0.39, 0.29) is 17.4 Å². The van der Waals surface area contributed by atoms with E-state index in [4.69, 9.17) is 14.2 Å². The minimum Gasteiger partial charge on any atom is -0.493 e. The summed E-state index contributed by atoms with van der Waals surface area (Å²) in [7, 11) is 2.85. The predicted octanol–water partition coefficient (Wildman–Crippen LogP) is 2.02. The van der Waals surface area contributed by atoms with E-state index in [1.807, 2.05) is 0 Å². The summed E-state index contributed by atoms with van der Waals surface area (Å²) in [4.78, 5) is 35.8.